The van der Waals surface area contributed by atoms with Crippen LogP contribution in [0.1, 0.15) is 56.0 Å². The van der Waals surface area contributed by atoms with E-state index in [1.165, 1.54) is 24.9 Å². The van der Waals surface area contributed by atoms with E-state index >= 15 is 0 Å². The van der Waals surface area contributed by atoms with Crippen LogP contribution < -0.4 is 15.0 Å². The van der Waals surface area contributed by atoms with E-state index < -0.39 is 5.60 Å². The van der Waals surface area contributed by atoms with Crippen LogP contribution in [-0.4, -0.2) is 48.5 Å². The van der Waals surface area contributed by atoms with Crippen LogP contribution in [0.5, 0.6) is 5.75 Å². The molecule has 8 heteroatoms. The Kier molecular flexibility index (Phi) is 5.86. The standard InChI is InChI=1S/C24H31N3O4S/c1-15-6-7-18-20(27(15)23(28)30-2)9-8-17(21(18)31-16-4-3-5-16)19-14-32-22(26-19)24(29)10-12-25-13-11-24/h8-9,14-16,25,29H,3-7,10-13H2,1-2H3/t15-/m0/s1. The number of thiazole rings is 1. The lowest BCUT2D eigenvalue weighted by molar-refractivity contribution is 0.00581. The summed E-state index contributed by atoms with van der Waals surface area (Å²) in [5.41, 5.74) is 2.82. The Hall–Kier alpha value is -2.16. The lowest BCUT2D eigenvalue weighted by Gasteiger charge is -2.36. The molecule has 0 bridgehead atoms. The monoisotopic (exact) mass is 457 g/mol. The molecule has 32 heavy (non-hydrogen) atoms. The molecule has 1 amide bonds. The van der Waals surface area contributed by atoms with E-state index in [-0.39, 0.29) is 18.2 Å². The summed E-state index contributed by atoms with van der Waals surface area (Å²) < 4.78 is 11.6. The Balaban J connectivity index is 1.56. The average Bonchev–Trinajstić information content (AvgIpc) is 3.27. The van der Waals surface area contributed by atoms with Gasteiger partial charge in [-0.1, -0.05) is 0 Å². The van der Waals surface area contributed by atoms with Gasteiger partial charge in [-0.2, -0.15) is 0 Å². The average molecular weight is 458 g/mol. The molecule has 2 fully saturated rings. The van der Waals surface area contributed by atoms with Gasteiger partial charge in [0.15, 0.2) is 0 Å². The van der Waals surface area contributed by atoms with Gasteiger partial charge in [0, 0.05) is 22.5 Å². The van der Waals surface area contributed by atoms with Crippen molar-refractivity contribution in [1.82, 2.24) is 10.3 Å². The number of hydrogen-bond donors (Lipinski definition) is 2. The van der Waals surface area contributed by atoms with Crippen LogP contribution in [0.3, 0.4) is 0 Å². The molecular weight excluding hydrogens is 426 g/mol. The number of benzene rings is 1. The predicted octanol–water partition coefficient (Wildman–Crippen LogP) is 4.22. The normalized spacial score (nSPS) is 22.7. The minimum absolute atomic E-state index is 0.0670. The van der Waals surface area contributed by atoms with Gasteiger partial charge in [0.1, 0.15) is 16.4 Å². The molecule has 3 heterocycles. The molecule has 1 atom stereocenters. The third-order valence-corrected chi connectivity index (χ3v) is 8.10. The van der Waals surface area contributed by atoms with Crippen molar-refractivity contribution < 1.29 is 19.4 Å². The van der Waals surface area contributed by atoms with E-state index in [1.54, 1.807) is 4.90 Å². The van der Waals surface area contributed by atoms with E-state index in [1.807, 2.05) is 24.4 Å². The van der Waals surface area contributed by atoms with Crippen molar-refractivity contribution in [3.63, 3.8) is 0 Å². The number of carbonyl (C=O) groups is 1. The van der Waals surface area contributed by atoms with Crippen molar-refractivity contribution in [2.45, 2.75) is 69.6 Å². The van der Waals surface area contributed by atoms with Crippen molar-refractivity contribution in [2.75, 3.05) is 25.1 Å². The minimum atomic E-state index is -0.867. The van der Waals surface area contributed by atoms with Crippen LogP contribution in [0, 0.1) is 0 Å². The van der Waals surface area contributed by atoms with E-state index in [0.717, 1.165) is 72.0 Å². The van der Waals surface area contributed by atoms with Gasteiger partial charge in [-0.25, -0.2) is 9.78 Å². The van der Waals surface area contributed by atoms with Gasteiger partial charge in [0.25, 0.3) is 0 Å². The minimum Gasteiger partial charge on any atom is -0.489 e. The highest BCUT2D eigenvalue weighted by molar-refractivity contribution is 7.10. The molecule has 5 rings (SSSR count). The molecule has 0 unspecified atom stereocenters. The molecule has 2 N–H and O–H groups in total. The van der Waals surface area contributed by atoms with Crippen LogP contribution >= 0.6 is 11.3 Å². The highest BCUT2D eigenvalue weighted by Gasteiger charge is 2.36. The molecule has 1 saturated carbocycles. The first-order valence-electron chi connectivity index (χ1n) is 11.6. The SMILES string of the molecule is COC(=O)N1c2ccc(-c3csc(C4(O)CCNCC4)n3)c(OC3CCC3)c2CC[C@@H]1C. The quantitative estimate of drug-likeness (QED) is 0.715. The van der Waals surface area contributed by atoms with Crippen LogP contribution in [0.25, 0.3) is 11.3 Å². The van der Waals surface area contributed by atoms with Gasteiger partial charge >= 0.3 is 6.09 Å². The van der Waals surface area contributed by atoms with Crippen molar-refractivity contribution in [2.24, 2.45) is 0 Å². The summed E-state index contributed by atoms with van der Waals surface area (Å²) in [6.07, 6.45) is 6.17. The number of nitrogens with zero attached hydrogens (tertiary/aromatic N) is 2. The van der Waals surface area contributed by atoms with Gasteiger partial charge in [0.2, 0.25) is 0 Å². The molecule has 0 spiro atoms. The van der Waals surface area contributed by atoms with Crippen LogP contribution in [-0.2, 0) is 16.8 Å². The molecule has 172 valence electrons. The first-order valence-corrected chi connectivity index (χ1v) is 12.5. The maximum absolute atomic E-state index is 12.5. The molecular formula is C24H31N3O4S. The van der Waals surface area contributed by atoms with Crippen LogP contribution in [0.2, 0.25) is 0 Å². The number of anilines is 1. The zero-order valence-corrected chi connectivity index (χ0v) is 19.5. The smallest absolute Gasteiger partial charge is 0.414 e. The van der Waals surface area contributed by atoms with Gasteiger partial charge in [0.05, 0.1) is 24.6 Å². The van der Waals surface area contributed by atoms with Gasteiger partial charge in [-0.05, 0) is 77.1 Å². The van der Waals surface area contributed by atoms with Crippen LogP contribution in [0.15, 0.2) is 17.5 Å². The van der Waals surface area contributed by atoms with Gasteiger partial charge < -0.3 is 19.9 Å². The maximum atomic E-state index is 12.5. The van der Waals surface area contributed by atoms with E-state index in [4.69, 9.17) is 14.5 Å². The number of rotatable bonds is 4. The molecule has 1 saturated heterocycles. The first-order chi connectivity index (χ1) is 15.5. The highest BCUT2D eigenvalue weighted by Crippen LogP contribution is 2.45. The number of nitrogens with one attached hydrogen (secondary N) is 1. The molecule has 7 nitrogen and oxygen atoms in total. The third kappa shape index (κ3) is 3.78. The maximum Gasteiger partial charge on any atom is 0.414 e. The number of amides is 1. The molecule has 3 aliphatic rings. The Morgan fingerprint density at radius 1 is 1.28 bits per heavy atom. The zero-order valence-electron chi connectivity index (χ0n) is 18.7. The summed E-state index contributed by atoms with van der Waals surface area (Å²) in [6.45, 7) is 3.64. The third-order valence-electron chi connectivity index (χ3n) is 7.07. The van der Waals surface area contributed by atoms with Crippen molar-refractivity contribution in [1.29, 1.82) is 0 Å². The fourth-order valence-corrected chi connectivity index (χ4v) is 5.82. The second-order valence-corrected chi connectivity index (χ2v) is 10.0. The molecule has 2 aliphatic heterocycles. The predicted molar refractivity (Wildman–Crippen MR) is 124 cm³/mol. The fourth-order valence-electron chi connectivity index (χ4n) is 4.84. The van der Waals surface area contributed by atoms with E-state index in [9.17, 15) is 9.90 Å². The Labute approximate surface area is 192 Å². The number of piperidine rings is 1. The number of aliphatic hydroxyl groups is 1. The van der Waals surface area contributed by atoms with Crippen molar-refractivity contribution in [3.8, 4) is 17.0 Å². The molecule has 1 aromatic carbocycles. The zero-order chi connectivity index (χ0) is 22.3. The largest absolute Gasteiger partial charge is 0.489 e. The summed E-state index contributed by atoms with van der Waals surface area (Å²) in [5.74, 6) is 0.835. The van der Waals surface area contributed by atoms with Crippen molar-refractivity contribution in [3.05, 3.63) is 28.1 Å². The lowest BCUT2D eigenvalue weighted by atomic mass is 9.91. The Bertz CT molecular complexity index is 997. The highest BCUT2D eigenvalue weighted by atomic mass is 32.1. The number of aromatic nitrogens is 1. The summed E-state index contributed by atoms with van der Waals surface area (Å²) in [4.78, 5) is 19.1. The number of methoxy groups -OCH3 is 1. The fraction of sp³-hybridized carbons (Fsp3) is 0.583. The van der Waals surface area contributed by atoms with Crippen molar-refractivity contribution >= 4 is 23.1 Å². The number of hydrogen-bond acceptors (Lipinski definition) is 7. The number of fused-ring (bicyclic) bond motifs is 1. The molecule has 0 radical (unpaired) electrons. The second-order valence-electron chi connectivity index (χ2n) is 9.16. The van der Waals surface area contributed by atoms with Crippen LogP contribution in [0.4, 0.5) is 10.5 Å². The van der Waals surface area contributed by atoms with E-state index in [2.05, 4.69) is 5.32 Å². The number of ether oxygens (including phenoxy) is 2. The van der Waals surface area contributed by atoms with Gasteiger partial charge in [-0.15, -0.1) is 11.3 Å². The molecule has 2 aromatic rings. The van der Waals surface area contributed by atoms with Gasteiger partial charge in [-0.3, -0.25) is 4.90 Å². The Morgan fingerprint density at radius 3 is 2.75 bits per heavy atom. The second kappa shape index (κ2) is 8.65. The van der Waals surface area contributed by atoms with E-state index in [0.29, 0.717) is 12.8 Å². The number of carbonyl (C=O) groups excluding carboxylic acids is 1. The molecule has 1 aromatic heterocycles. The summed E-state index contributed by atoms with van der Waals surface area (Å²) in [7, 11) is 1.42. The summed E-state index contributed by atoms with van der Waals surface area (Å²) in [5, 5.41) is 17.2. The lowest BCUT2D eigenvalue weighted by Crippen LogP contribution is -2.42. The topological polar surface area (TPSA) is 83.9 Å². The Morgan fingerprint density at radius 2 is 2.06 bits per heavy atom. The summed E-state index contributed by atoms with van der Waals surface area (Å²) in [6, 6.07) is 4.06. The summed E-state index contributed by atoms with van der Waals surface area (Å²) >= 11 is 1.51. The molecule has 1 aliphatic carbocycles. The first kappa shape index (κ1) is 21.7.